The molecule has 0 saturated heterocycles. The molecule has 6 nitrogen and oxygen atoms in total. The number of carbonyl (C=O) groups excluding carboxylic acids is 1. The topological polar surface area (TPSA) is 93.9 Å². The minimum Gasteiger partial charge on any atom is -0.493 e. The Balaban J connectivity index is 2.48. The number of hydrogen-bond donors (Lipinski definition) is 2. The van der Waals surface area contributed by atoms with E-state index in [1.54, 1.807) is 0 Å². The predicted molar refractivity (Wildman–Crippen MR) is 66.1 cm³/mol. The van der Waals surface area contributed by atoms with Crippen molar-refractivity contribution in [3.8, 4) is 17.0 Å². The van der Waals surface area contributed by atoms with Crippen molar-refractivity contribution in [3.05, 3.63) is 29.7 Å². The van der Waals surface area contributed by atoms with E-state index >= 15 is 0 Å². The van der Waals surface area contributed by atoms with Crippen LogP contribution < -0.4 is 10.5 Å². The normalized spacial score (nSPS) is 10.4. The van der Waals surface area contributed by atoms with Gasteiger partial charge in [0, 0.05) is 11.6 Å². The van der Waals surface area contributed by atoms with E-state index in [-0.39, 0.29) is 11.4 Å². The van der Waals surface area contributed by atoms with E-state index in [0.29, 0.717) is 17.9 Å². The molecule has 7 heteroatoms. The van der Waals surface area contributed by atoms with Gasteiger partial charge in [0.05, 0.1) is 6.61 Å². The van der Waals surface area contributed by atoms with Crippen LogP contribution in [-0.2, 0) is 0 Å². The Morgan fingerprint density at radius 1 is 1.47 bits per heavy atom. The smallest absolute Gasteiger partial charge is 0.271 e. The summed E-state index contributed by atoms with van der Waals surface area (Å²) in [5.74, 6) is -0.841. The van der Waals surface area contributed by atoms with Gasteiger partial charge in [-0.1, -0.05) is 6.92 Å². The summed E-state index contributed by atoms with van der Waals surface area (Å²) >= 11 is 0. The quantitative estimate of drug-likeness (QED) is 0.855. The van der Waals surface area contributed by atoms with Crippen molar-refractivity contribution in [1.29, 1.82) is 0 Å². The van der Waals surface area contributed by atoms with Crippen molar-refractivity contribution in [2.24, 2.45) is 5.73 Å². The van der Waals surface area contributed by atoms with Gasteiger partial charge in [-0.05, 0) is 18.6 Å². The number of ether oxygens (including phenoxy) is 1. The first-order chi connectivity index (χ1) is 9.13. The van der Waals surface area contributed by atoms with Crippen LogP contribution in [0.15, 0.2) is 18.2 Å². The standard InChI is InChI=1S/C12H13FN4O2/c1-2-5-19-9-6-7(13)3-4-8(9)10-11(12(14)18)16-17-15-10/h3-4,6H,2,5H2,1H3,(H2,14,18)(H,15,16,17). The fourth-order valence-electron chi connectivity index (χ4n) is 1.61. The summed E-state index contributed by atoms with van der Waals surface area (Å²) in [7, 11) is 0. The molecule has 0 atom stereocenters. The van der Waals surface area contributed by atoms with Crippen LogP contribution in [0.2, 0.25) is 0 Å². The lowest BCUT2D eigenvalue weighted by molar-refractivity contribution is 0.0996. The van der Waals surface area contributed by atoms with Gasteiger partial charge in [-0.3, -0.25) is 4.79 Å². The molecule has 1 aromatic carbocycles. The molecule has 2 rings (SSSR count). The summed E-state index contributed by atoms with van der Waals surface area (Å²) in [6, 6.07) is 3.97. The number of nitrogens with one attached hydrogen (secondary N) is 1. The summed E-state index contributed by atoms with van der Waals surface area (Å²) in [6.45, 7) is 2.37. The molecule has 0 fully saturated rings. The zero-order chi connectivity index (χ0) is 13.8. The van der Waals surface area contributed by atoms with Crippen LogP contribution in [0.1, 0.15) is 23.8 Å². The summed E-state index contributed by atoms with van der Waals surface area (Å²) in [5, 5.41) is 9.87. The van der Waals surface area contributed by atoms with Gasteiger partial charge in [0.2, 0.25) is 0 Å². The van der Waals surface area contributed by atoms with Gasteiger partial charge in [0.15, 0.2) is 5.69 Å². The lowest BCUT2D eigenvalue weighted by Gasteiger charge is -2.09. The largest absolute Gasteiger partial charge is 0.493 e. The molecule has 0 aliphatic carbocycles. The van der Waals surface area contributed by atoms with E-state index in [4.69, 9.17) is 10.5 Å². The highest BCUT2D eigenvalue weighted by Gasteiger charge is 2.19. The number of aromatic nitrogens is 3. The average molecular weight is 264 g/mol. The van der Waals surface area contributed by atoms with E-state index in [1.165, 1.54) is 18.2 Å². The number of halogens is 1. The number of rotatable bonds is 5. The lowest BCUT2D eigenvalue weighted by atomic mass is 10.1. The SMILES string of the molecule is CCCOc1cc(F)ccc1-c1n[nH]nc1C(N)=O. The molecule has 1 aromatic heterocycles. The van der Waals surface area contributed by atoms with Crippen molar-refractivity contribution < 1.29 is 13.9 Å². The Hall–Kier alpha value is -2.44. The molecule has 3 N–H and O–H groups in total. The number of aromatic amines is 1. The van der Waals surface area contributed by atoms with Crippen LogP contribution in [0.3, 0.4) is 0 Å². The zero-order valence-electron chi connectivity index (χ0n) is 10.3. The minimum absolute atomic E-state index is 0.00652. The Bertz CT molecular complexity index is 597. The molecular weight excluding hydrogens is 251 g/mol. The van der Waals surface area contributed by atoms with Gasteiger partial charge >= 0.3 is 0 Å². The predicted octanol–water partition coefficient (Wildman–Crippen LogP) is 1.50. The maximum atomic E-state index is 13.3. The molecule has 0 aliphatic rings. The van der Waals surface area contributed by atoms with Crippen LogP contribution in [0, 0.1) is 5.82 Å². The molecule has 0 aliphatic heterocycles. The number of hydrogen-bond acceptors (Lipinski definition) is 4. The number of H-pyrrole nitrogens is 1. The van der Waals surface area contributed by atoms with Crippen LogP contribution >= 0.6 is 0 Å². The van der Waals surface area contributed by atoms with E-state index in [1.807, 2.05) is 6.92 Å². The molecule has 0 unspecified atom stereocenters. The van der Waals surface area contributed by atoms with E-state index in [0.717, 1.165) is 6.42 Å². The highest BCUT2D eigenvalue weighted by atomic mass is 19.1. The highest BCUT2D eigenvalue weighted by Crippen LogP contribution is 2.30. The van der Waals surface area contributed by atoms with Gasteiger partial charge in [0.1, 0.15) is 17.3 Å². The van der Waals surface area contributed by atoms with Crippen LogP contribution in [0.4, 0.5) is 4.39 Å². The maximum Gasteiger partial charge on any atom is 0.271 e. The number of benzene rings is 1. The van der Waals surface area contributed by atoms with Crippen LogP contribution in [-0.4, -0.2) is 27.9 Å². The zero-order valence-corrected chi connectivity index (χ0v) is 10.3. The molecule has 100 valence electrons. The first-order valence-corrected chi connectivity index (χ1v) is 5.76. The molecule has 2 aromatic rings. The molecule has 19 heavy (non-hydrogen) atoms. The summed E-state index contributed by atoms with van der Waals surface area (Å²) in [6.07, 6.45) is 0.775. The molecule has 1 heterocycles. The van der Waals surface area contributed by atoms with Crippen LogP contribution in [0.5, 0.6) is 5.75 Å². The van der Waals surface area contributed by atoms with E-state index in [9.17, 15) is 9.18 Å². The fourth-order valence-corrected chi connectivity index (χ4v) is 1.61. The van der Waals surface area contributed by atoms with Gasteiger partial charge < -0.3 is 10.5 Å². The molecular formula is C12H13FN4O2. The third-order valence-electron chi connectivity index (χ3n) is 2.44. The lowest BCUT2D eigenvalue weighted by Crippen LogP contribution is -2.13. The third kappa shape index (κ3) is 2.70. The van der Waals surface area contributed by atoms with Crippen molar-refractivity contribution >= 4 is 5.91 Å². The second-order valence-electron chi connectivity index (χ2n) is 3.87. The number of nitrogens with two attached hydrogens (primary N) is 1. The monoisotopic (exact) mass is 264 g/mol. The summed E-state index contributed by atoms with van der Waals surface area (Å²) in [5.41, 5.74) is 5.91. The number of carbonyl (C=O) groups is 1. The summed E-state index contributed by atoms with van der Waals surface area (Å²) < 4.78 is 18.7. The Morgan fingerprint density at radius 3 is 2.95 bits per heavy atom. The van der Waals surface area contributed by atoms with Gasteiger partial charge in [-0.15, -0.1) is 0 Å². The van der Waals surface area contributed by atoms with Gasteiger partial charge in [-0.2, -0.15) is 15.4 Å². The number of nitrogens with zero attached hydrogens (tertiary/aromatic N) is 2. The molecule has 0 spiro atoms. The highest BCUT2D eigenvalue weighted by molar-refractivity contribution is 5.97. The number of amides is 1. The first-order valence-electron chi connectivity index (χ1n) is 5.76. The molecule has 0 radical (unpaired) electrons. The number of primary amides is 1. The molecule has 0 saturated carbocycles. The molecule has 1 amide bonds. The molecule has 0 bridgehead atoms. The average Bonchev–Trinajstić information content (AvgIpc) is 2.85. The second kappa shape index (κ2) is 5.47. The van der Waals surface area contributed by atoms with Crippen LogP contribution in [0.25, 0.3) is 11.3 Å². The Kier molecular flexibility index (Phi) is 3.74. The van der Waals surface area contributed by atoms with Gasteiger partial charge in [-0.25, -0.2) is 4.39 Å². The van der Waals surface area contributed by atoms with Gasteiger partial charge in [0.25, 0.3) is 5.91 Å². The van der Waals surface area contributed by atoms with Crippen molar-refractivity contribution in [3.63, 3.8) is 0 Å². The first kappa shape index (κ1) is 13.0. The van der Waals surface area contributed by atoms with Crippen molar-refractivity contribution in [2.75, 3.05) is 6.61 Å². The van der Waals surface area contributed by atoms with E-state index in [2.05, 4.69) is 15.4 Å². The Labute approximate surface area is 108 Å². The Morgan fingerprint density at radius 2 is 2.26 bits per heavy atom. The maximum absolute atomic E-state index is 13.3. The van der Waals surface area contributed by atoms with E-state index < -0.39 is 11.7 Å². The van der Waals surface area contributed by atoms with Crippen molar-refractivity contribution in [2.45, 2.75) is 13.3 Å². The minimum atomic E-state index is -0.713. The van der Waals surface area contributed by atoms with Crippen molar-refractivity contribution in [1.82, 2.24) is 15.4 Å². The fraction of sp³-hybridized carbons (Fsp3) is 0.250. The third-order valence-corrected chi connectivity index (χ3v) is 2.44. The second-order valence-corrected chi connectivity index (χ2v) is 3.87. The summed E-state index contributed by atoms with van der Waals surface area (Å²) in [4.78, 5) is 11.2.